The maximum atomic E-state index is 12.7. The summed E-state index contributed by atoms with van der Waals surface area (Å²) in [6.07, 6.45) is 1.51. The van der Waals surface area contributed by atoms with Crippen LogP contribution in [0.1, 0.15) is 40.0 Å². The highest BCUT2D eigenvalue weighted by Crippen LogP contribution is 2.35. The molecule has 1 atom stereocenters. The molecule has 0 aromatic heterocycles. The fourth-order valence-electron chi connectivity index (χ4n) is 3.28. The van der Waals surface area contributed by atoms with Gasteiger partial charge in [0.1, 0.15) is 18.2 Å². The van der Waals surface area contributed by atoms with E-state index in [1.165, 1.54) is 25.3 Å². The molecule has 0 saturated carbocycles. The molecule has 0 fully saturated rings. The fourth-order valence-corrected chi connectivity index (χ4v) is 4.06. The number of rotatable bonds is 9. The minimum atomic E-state index is -0.989. The van der Waals surface area contributed by atoms with E-state index in [1.54, 1.807) is 24.3 Å². The molecule has 0 heterocycles. The van der Waals surface area contributed by atoms with E-state index in [0.29, 0.717) is 17.1 Å². The van der Waals surface area contributed by atoms with Crippen LogP contribution in [-0.4, -0.2) is 24.1 Å². The quantitative estimate of drug-likeness (QED) is 0.200. The molecule has 0 aliphatic heterocycles. The van der Waals surface area contributed by atoms with Gasteiger partial charge in [0.25, 0.3) is 5.91 Å². The molecular weight excluding hydrogens is 559 g/mol. The van der Waals surface area contributed by atoms with Gasteiger partial charge >= 0.3 is 5.97 Å². The van der Waals surface area contributed by atoms with Crippen LogP contribution in [0.2, 0.25) is 0 Å². The van der Waals surface area contributed by atoms with Gasteiger partial charge in [0.2, 0.25) is 0 Å². The van der Waals surface area contributed by atoms with E-state index in [1.807, 2.05) is 43.3 Å². The van der Waals surface area contributed by atoms with E-state index >= 15 is 0 Å². The summed E-state index contributed by atoms with van der Waals surface area (Å²) in [5, 5.41) is 21.5. The number of carboxylic acids is 1. The molecule has 3 aromatic rings. The second-order valence-electron chi connectivity index (χ2n) is 7.60. The highest BCUT2D eigenvalue weighted by Gasteiger charge is 2.16. The number of aromatic carboxylic acids is 1. The van der Waals surface area contributed by atoms with Gasteiger partial charge in [0.15, 0.2) is 11.5 Å². The number of carboxylic acid groups (broad SMARTS) is 1. The molecule has 1 amide bonds. The van der Waals surface area contributed by atoms with Gasteiger partial charge in [-0.3, -0.25) is 4.79 Å². The van der Waals surface area contributed by atoms with E-state index in [-0.39, 0.29) is 23.8 Å². The number of amides is 1. The van der Waals surface area contributed by atoms with Crippen molar-refractivity contribution in [3.8, 4) is 17.6 Å². The number of halogens is 1. The van der Waals surface area contributed by atoms with Gasteiger partial charge in [-0.15, -0.1) is 0 Å². The van der Waals surface area contributed by atoms with Crippen molar-refractivity contribution < 1.29 is 24.2 Å². The first-order valence-corrected chi connectivity index (χ1v) is 11.7. The van der Waals surface area contributed by atoms with Crippen molar-refractivity contribution in [3.63, 3.8) is 0 Å². The van der Waals surface area contributed by atoms with Crippen molar-refractivity contribution in [1.82, 2.24) is 5.32 Å². The van der Waals surface area contributed by atoms with Crippen molar-refractivity contribution in [3.05, 3.63) is 98.1 Å². The molecule has 0 radical (unpaired) electrons. The predicted molar refractivity (Wildman–Crippen MR) is 140 cm³/mol. The van der Waals surface area contributed by atoms with E-state index in [9.17, 15) is 14.9 Å². The maximum absolute atomic E-state index is 12.7. The minimum Gasteiger partial charge on any atom is -0.493 e. The standard InChI is InChI=1S/C27H23IN2O5/c1-17(20-6-4-3-5-7-20)30-26(31)22(15-29)12-19-13-23(28)25(24(14-19)34-2)35-16-18-8-10-21(11-9-18)27(32)33/h3-14,17H,16H2,1-2H3,(H,30,31)(H,32,33)/b22-12-/t17-/m1/s1. The van der Waals surface area contributed by atoms with Crippen LogP contribution < -0.4 is 14.8 Å². The topological polar surface area (TPSA) is 109 Å². The zero-order valence-electron chi connectivity index (χ0n) is 19.1. The first-order valence-electron chi connectivity index (χ1n) is 10.6. The number of methoxy groups -OCH3 is 1. The molecule has 0 aliphatic carbocycles. The van der Waals surface area contributed by atoms with Crippen molar-refractivity contribution in [2.24, 2.45) is 0 Å². The number of nitrogens with one attached hydrogen (secondary N) is 1. The van der Waals surface area contributed by atoms with Crippen LogP contribution in [-0.2, 0) is 11.4 Å². The average molecular weight is 582 g/mol. The van der Waals surface area contributed by atoms with Gasteiger partial charge in [-0.1, -0.05) is 42.5 Å². The van der Waals surface area contributed by atoms with Gasteiger partial charge in [-0.25, -0.2) is 4.79 Å². The Kier molecular flexibility index (Phi) is 8.86. The van der Waals surface area contributed by atoms with Gasteiger partial charge in [-0.05, 0) is 76.5 Å². The number of ether oxygens (including phenoxy) is 2. The molecule has 3 rings (SSSR count). The highest BCUT2D eigenvalue weighted by molar-refractivity contribution is 14.1. The molecule has 0 bridgehead atoms. The molecule has 178 valence electrons. The van der Waals surface area contributed by atoms with Crippen LogP contribution >= 0.6 is 22.6 Å². The zero-order chi connectivity index (χ0) is 25.4. The molecule has 0 saturated heterocycles. The number of hydrogen-bond acceptors (Lipinski definition) is 5. The van der Waals surface area contributed by atoms with Gasteiger partial charge in [0, 0.05) is 0 Å². The van der Waals surface area contributed by atoms with Crippen LogP contribution in [0.4, 0.5) is 0 Å². The van der Waals surface area contributed by atoms with Crippen LogP contribution in [0.5, 0.6) is 11.5 Å². The summed E-state index contributed by atoms with van der Waals surface area (Å²) in [6, 6.07) is 21.1. The van der Waals surface area contributed by atoms with Crippen LogP contribution in [0.25, 0.3) is 6.08 Å². The minimum absolute atomic E-state index is 0.0298. The summed E-state index contributed by atoms with van der Waals surface area (Å²) >= 11 is 2.10. The number of benzene rings is 3. The van der Waals surface area contributed by atoms with E-state index in [0.717, 1.165) is 14.7 Å². The highest BCUT2D eigenvalue weighted by atomic mass is 127. The third-order valence-corrected chi connectivity index (χ3v) is 5.96. The summed E-state index contributed by atoms with van der Waals surface area (Å²) in [6.45, 7) is 2.07. The Morgan fingerprint density at radius 2 is 1.83 bits per heavy atom. The summed E-state index contributed by atoms with van der Waals surface area (Å²) in [4.78, 5) is 23.7. The first-order chi connectivity index (χ1) is 16.8. The van der Waals surface area contributed by atoms with Crippen molar-refractivity contribution in [1.29, 1.82) is 5.26 Å². The lowest BCUT2D eigenvalue weighted by molar-refractivity contribution is -0.117. The molecule has 35 heavy (non-hydrogen) atoms. The average Bonchev–Trinajstić information content (AvgIpc) is 2.86. The SMILES string of the molecule is COc1cc(/C=C(/C#N)C(=O)N[C@H](C)c2ccccc2)cc(I)c1OCc1ccc(C(=O)O)cc1. The summed E-state index contributed by atoms with van der Waals surface area (Å²) in [5.74, 6) is -0.505. The Morgan fingerprint density at radius 1 is 1.14 bits per heavy atom. The first kappa shape index (κ1) is 25.8. The second-order valence-corrected chi connectivity index (χ2v) is 8.76. The molecule has 0 aliphatic rings. The normalized spacial score (nSPS) is 11.8. The largest absolute Gasteiger partial charge is 0.493 e. The van der Waals surface area contributed by atoms with Gasteiger partial charge in [0.05, 0.1) is 22.3 Å². The number of hydrogen-bond donors (Lipinski definition) is 2. The molecule has 2 N–H and O–H groups in total. The number of carbonyl (C=O) groups excluding carboxylic acids is 1. The van der Waals surface area contributed by atoms with E-state index in [4.69, 9.17) is 14.6 Å². The van der Waals surface area contributed by atoms with E-state index < -0.39 is 11.9 Å². The molecular formula is C27H23IN2O5. The lowest BCUT2D eigenvalue weighted by Crippen LogP contribution is -2.27. The van der Waals surface area contributed by atoms with Crippen molar-refractivity contribution >= 4 is 40.5 Å². The monoisotopic (exact) mass is 582 g/mol. The Balaban J connectivity index is 1.77. The summed E-state index contributed by atoms with van der Waals surface area (Å²) < 4.78 is 12.1. The van der Waals surface area contributed by atoms with Crippen molar-refractivity contribution in [2.45, 2.75) is 19.6 Å². The van der Waals surface area contributed by atoms with Crippen LogP contribution in [0, 0.1) is 14.9 Å². The molecule has 0 unspecified atom stereocenters. The summed E-state index contributed by atoms with van der Waals surface area (Å²) in [7, 11) is 1.51. The Bertz CT molecular complexity index is 1280. The molecule has 8 heteroatoms. The third-order valence-electron chi connectivity index (χ3n) is 5.16. The van der Waals surface area contributed by atoms with Crippen LogP contribution in [0.15, 0.2) is 72.3 Å². The van der Waals surface area contributed by atoms with Gasteiger partial charge < -0.3 is 19.9 Å². The number of carbonyl (C=O) groups is 2. The maximum Gasteiger partial charge on any atom is 0.335 e. The second kappa shape index (κ2) is 12.0. The summed E-state index contributed by atoms with van der Waals surface area (Å²) in [5.41, 5.74) is 2.52. The Hall–Kier alpha value is -3.84. The number of nitrogens with zero attached hydrogens (tertiary/aromatic N) is 1. The van der Waals surface area contributed by atoms with Gasteiger partial charge in [-0.2, -0.15) is 5.26 Å². The molecule has 3 aromatic carbocycles. The van der Waals surface area contributed by atoms with Crippen molar-refractivity contribution in [2.75, 3.05) is 7.11 Å². The Labute approximate surface area is 217 Å². The lowest BCUT2D eigenvalue weighted by Gasteiger charge is -2.15. The molecule has 7 nitrogen and oxygen atoms in total. The third kappa shape index (κ3) is 6.83. The predicted octanol–water partition coefficient (Wildman–Crippen LogP) is 5.36. The zero-order valence-corrected chi connectivity index (χ0v) is 21.3. The Morgan fingerprint density at radius 3 is 2.43 bits per heavy atom. The number of nitriles is 1. The molecule has 0 spiro atoms. The fraction of sp³-hybridized carbons (Fsp3) is 0.148. The lowest BCUT2D eigenvalue weighted by atomic mass is 10.1. The smallest absolute Gasteiger partial charge is 0.335 e. The van der Waals surface area contributed by atoms with E-state index in [2.05, 4.69) is 27.9 Å². The van der Waals surface area contributed by atoms with Crippen LogP contribution in [0.3, 0.4) is 0 Å².